The van der Waals surface area contributed by atoms with Crippen LogP contribution in [0, 0.1) is 0 Å². The van der Waals surface area contributed by atoms with E-state index in [9.17, 15) is 86.2 Å². The maximum atomic E-state index is 12.4. The molecule has 4 heterocycles. The molecule has 0 aromatic rings. The Morgan fingerprint density at radius 2 is 1.08 bits per heavy atom. The van der Waals surface area contributed by atoms with E-state index in [4.69, 9.17) is 37.9 Å². The molecule has 0 aromatic heterocycles. The Bertz CT molecular complexity index is 1370. The first kappa shape index (κ1) is 51.7. The molecular weight excluding hydrogens is 836 g/mol. The molecule has 0 unspecified atom stereocenters. The average molecular weight is 897 g/mol. The van der Waals surface area contributed by atoms with Crippen LogP contribution in [0.2, 0.25) is 0 Å². The summed E-state index contributed by atoms with van der Waals surface area (Å²) in [4.78, 5) is 24.5. The molecule has 61 heavy (non-hydrogen) atoms. The van der Waals surface area contributed by atoms with Crippen LogP contribution < -0.4 is 10.6 Å². The summed E-state index contributed by atoms with van der Waals surface area (Å²) in [6.07, 6.45) is -40.1. The zero-order valence-electron chi connectivity index (χ0n) is 33.2. The number of aliphatic hydroxyl groups excluding tert-OH is 15. The van der Waals surface area contributed by atoms with Gasteiger partial charge in [-0.1, -0.05) is 0 Å². The third kappa shape index (κ3) is 12.0. The van der Waals surface area contributed by atoms with Crippen molar-refractivity contribution in [1.82, 2.24) is 10.6 Å². The van der Waals surface area contributed by atoms with Gasteiger partial charge < -0.3 is 125 Å². The monoisotopic (exact) mass is 896 g/mol. The molecule has 0 spiro atoms. The lowest BCUT2D eigenvalue weighted by atomic mass is 9.95. The van der Waals surface area contributed by atoms with Crippen LogP contribution in [0.25, 0.3) is 0 Å². The highest BCUT2D eigenvalue weighted by Crippen LogP contribution is 2.33. The molecule has 356 valence electrons. The number of hydrogen-bond acceptors (Lipinski definition) is 25. The second-order valence-corrected chi connectivity index (χ2v) is 15.2. The number of carbonyl (C=O) groups excluding carboxylic acids is 2. The summed E-state index contributed by atoms with van der Waals surface area (Å²) < 4.78 is 45.1. The van der Waals surface area contributed by atoms with Crippen molar-refractivity contribution in [2.24, 2.45) is 0 Å². The normalized spacial score (nSPS) is 44.1. The Kier molecular flexibility index (Phi) is 19.3. The Balaban J connectivity index is 1.60. The van der Waals surface area contributed by atoms with E-state index in [0.717, 1.165) is 13.8 Å². The molecule has 0 bridgehead atoms. The van der Waals surface area contributed by atoms with Crippen LogP contribution in [0.15, 0.2) is 0 Å². The van der Waals surface area contributed by atoms with Crippen molar-refractivity contribution in [3.05, 3.63) is 0 Å². The molecule has 17 N–H and O–H groups in total. The van der Waals surface area contributed by atoms with Crippen molar-refractivity contribution in [2.75, 3.05) is 33.0 Å². The highest BCUT2D eigenvalue weighted by atomic mass is 16.8. The Labute approximate surface area is 347 Å². The van der Waals surface area contributed by atoms with Crippen molar-refractivity contribution in [3.63, 3.8) is 0 Å². The van der Waals surface area contributed by atoms with Gasteiger partial charge in [0.2, 0.25) is 11.8 Å². The predicted octanol–water partition coefficient (Wildman–Crippen LogP) is -11.0. The second-order valence-electron chi connectivity index (χ2n) is 15.2. The van der Waals surface area contributed by atoms with Gasteiger partial charge in [0.05, 0.1) is 45.2 Å². The summed E-state index contributed by atoms with van der Waals surface area (Å²) in [7, 11) is 0. The maximum absolute atomic E-state index is 12.4. The van der Waals surface area contributed by atoms with E-state index in [1.54, 1.807) is 0 Å². The summed E-state index contributed by atoms with van der Waals surface area (Å²) in [6.45, 7) is -1.31. The second kappa shape index (κ2) is 22.8. The van der Waals surface area contributed by atoms with Gasteiger partial charge in [-0.15, -0.1) is 0 Å². The van der Waals surface area contributed by atoms with E-state index in [1.807, 2.05) is 0 Å². The van der Waals surface area contributed by atoms with Gasteiger partial charge >= 0.3 is 0 Å². The first-order valence-electron chi connectivity index (χ1n) is 19.4. The summed E-state index contributed by atoms with van der Waals surface area (Å²) >= 11 is 0. The summed E-state index contributed by atoms with van der Waals surface area (Å²) in [5, 5.41) is 162. The number of hydrogen-bond donors (Lipinski definition) is 17. The smallest absolute Gasteiger partial charge is 0.217 e. The number of aliphatic hydroxyl groups is 15. The largest absolute Gasteiger partial charge is 0.394 e. The van der Waals surface area contributed by atoms with E-state index in [-0.39, 0.29) is 0 Å². The van der Waals surface area contributed by atoms with E-state index >= 15 is 0 Å². The van der Waals surface area contributed by atoms with E-state index in [1.165, 1.54) is 6.92 Å². The minimum Gasteiger partial charge on any atom is -0.394 e. The third-order valence-corrected chi connectivity index (χ3v) is 10.7. The maximum Gasteiger partial charge on any atom is 0.217 e. The zero-order chi connectivity index (χ0) is 45.6. The lowest BCUT2D eigenvalue weighted by Crippen LogP contribution is -2.68. The average Bonchev–Trinajstić information content (AvgIpc) is 3.22. The van der Waals surface area contributed by atoms with Crippen molar-refractivity contribution >= 4 is 11.8 Å². The Morgan fingerprint density at radius 3 is 1.62 bits per heavy atom. The van der Waals surface area contributed by atoms with Crippen LogP contribution in [0.3, 0.4) is 0 Å². The molecule has 4 fully saturated rings. The number of carbonyl (C=O) groups is 2. The van der Waals surface area contributed by atoms with Crippen molar-refractivity contribution in [3.8, 4) is 0 Å². The highest BCUT2D eigenvalue weighted by molar-refractivity contribution is 5.73. The predicted molar refractivity (Wildman–Crippen MR) is 191 cm³/mol. The summed E-state index contributed by atoms with van der Waals surface area (Å²) in [5.41, 5.74) is 0. The first-order valence-corrected chi connectivity index (χ1v) is 19.4. The quantitative estimate of drug-likeness (QED) is 0.0607. The summed E-state index contributed by atoms with van der Waals surface area (Å²) in [6, 6.07) is -3.22. The van der Waals surface area contributed by atoms with E-state index in [2.05, 4.69) is 10.6 Å². The van der Waals surface area contributed by atoms with Crippen LogP contribution in [0.4, 0.5) is 0 Å². The third-order valence-electron chi connectivity index (χ3n) is 10.7. The van der Waals surface area contributed by atoms with Crippen LogP contribution in [-0.2, 0) is 47.5 Å². The molecule has 4 saturated heterocycles. The van der Waals surface area contributed by atoms with Gasteiger partial charge in [-0.25, -0.2) is 0 Å². The van der Waals surface area contributed by atoms with Crippen LogP contribution in [0.1, 0.15) is 20.8 Å². The Morgan fingerprint density at radius 1 is 0.590 bits per heavy atom. The van der Waals surface area contributed by atoms with Gasteiger partial charge in [-0.2, -0.15) is 0 Å². The fourth-order valence-corrected chi connectivity index (χ4v) is 7.26. The molecule has 27 nitrogen and oxygen atoms in total. The van der Waals surface area contributed by atoms with Gasteiger partial charge in [0.15, 0.2) is 25.2 Å². The molecule has 4 rings (SSSR count). The topological polar surface area (TPSA) is 435 Å². The van der Waals surface area contributed by atoms with Crippen molar-refractivity contribution in [2.45, 2.75) is 168 Å². The lowest BCUT2D eigenvalue weighted by Gasteiger charge is -2.47. The van der Waals surface area contributed by atoms with Crippen LogP contribution >= 0.6 is 0 Å². The highest BCUT2D eigenvalue weighted by Gasteiger charge is 2.54. The summed E-state index contributed by atoms with van der Waals surface area (Å²) in [5.74, 6) is -1.57. The molecular formula is C34H60N2O25. The van der Waals surface area contributed by atoms with Crippen molar-refractivity contribution < 1.29 is 124 Å². The first-order chi connectivity index (χ1) is 28.7. The fourth-order valence-electron chi connectivity index (χ4n) is 7.26. The molecule has 0 radical (unpaired) electrons. The molecule has 4 aliphatic rings. The van der Waals surface area contributed by atoms with Crippen molar-refractivity contribution in [1.29, 1.82) is 0 Å². The molecule has 0 aromatic carbocycles. The number of nitrogens with one attached hydrogen (secondary N) is 2. The van der Waals surface area contributed by atoms with E-state index < -0.39 is 192 Å². The molecule has 2 amide bonds. The molecule has 4 aliphatic heterocycles. The lowest BCUT2D eigenvalue weighted by molar-refractivity contribution is -0.373. The van der Waals surface area contributed by atoms with E-state index in [0.29, 0.717) is 0 Å². The minimum atomic E-state index is -2.25. The van der Waals surface area contributed by atoms with Gasteiger partial charge in [0.25, 0.3) is 0 Å². The fraction of sp³-hybridized carbons (Fsp3) is 0.941. The van der Waals surface area contributed by atoms with Gasteiger partial charge in [0.1, 0.15) is 110 Å². The van der Waals surface area contributed by atoms with Crippen LogP contribution in [0.5, 0.6) is 0 Å². The van der Waals surface area contributed by atoms with Crippen LogP contribution in [-0.4, -0.2) is 269 Å². The number of ether oxygens (including phenoxy) is 8. The van der Waals surface area contributed by atoms with Gasteiger partial charge in [0, 0.05) is 13.8 Å². The minimum absolute atomic E-state index is 0.779. The van der Waals surface area contributed by atoms with Gasteiger partial charge in [-0.3, -0.25) is 9.59 Å². The molecule has 27 heteroatoms. The van der Waals surface area contributed by atoms with Gasteiger partial charge in [-0.05, 0) is 6.92 Å². The number of rotatable bonds is 18. The zero-order valence-corrected chi connectivity index (χ0v) is 33.2. The molecule has 24 atom stereocenters. The molecule has 0 saturated carbocycles. The molecule has 0 aliphatic carbocycles. The number of amides is 2. The standard InChI is InChI=1S/C34H60N2O25/c1-9-18(44)23(49)26(52)32(55-9)61-30-25(51)21(47)15(6-39)58-34(30)59-28(12(4-37)35-10(2)41)19(45)13(43)8-54-31-17(36-11(3)42)29(22(48)16(7-40)56-31)60-33-27(53)24(50)20(46)14(5-38)57-33/h9,12-34,37-40,43-53H,4-8H2,1-3H3,(H,35,41)(H,36,42)/t9-,12-,13+,14+,15+,16+,17+,18+,19-,20-,21-,22+,23+,24-,25-,26-,27+,28+,29+,30+,31+,32-,33-,34-/m0/s1. The SMILES string of the molecule is CC(=O)N[C@H]1[C@H](OC[C@@H](O)[C@H](O)[C@H](O[C@@H]2O[C@H](CO)[C@H](O)[C@H](O)[C@H]2O[C@@H]2O[C@@H](C)[C@@H](O)[C@@H](O)[C@@H]2O)[C@H](CO)NC(C)=O)O[C@H](CO)[C@@H](O)[C@@H]1O[C@@H]1O[C@H](CO)[C@H](O)[C@H](O)[C@H]1O. The Hall–Kier alpha value is -1.98.